The van der Waals surface area contributed by atoms with Gasteiger partial charge in [-0.05, 0) is 24.3 Å². The maximum Gasteiger partial charge on any atom is 0.355 e. The summed E-state index contributed by atoms with van der Waals surface area (Å²) in [6.07, 6.45) is 0. The summed E-state index contributed by atoms with van der Waals surface area (Å²) in [4.78, 5) is 25.2. The number of fused-ring (bicyclic) bond motifs is 3. The van der Waals surface area contributed by atoms with Crippen LogP contribution in [0.1, 0.15) is 0 Å². The van der Waals surface area contributed by atoms with Gasteiger partial charge in [-0.2, -0.15) is 4.68 Å². The van der Waals surface area contributed by atoms with Gasteiger partial charge in [-0.3, -0.25) is 4.79 Å². The third-order valence-electron chi connectivity index (χ3n) is 3.76. The molecule has 0 unspecified atom stereocenters. The van der Waals surface area contributed by atoms with E-state index >= 15 is 0 Å². The highest BCUT2D eigenvalue weighted by atomic mass is 16.2. The molecule has 108 valence electrons. The molecule has 6 heteroatoms. The van der Waals surface area contributed by atoms with Gasteiger partial charge >= 0.3 is 5.69 Å². The van der Waals surface area contributed by atoms with Crippen LogP contribution in [0.15, 0.2) is 64.2 Å². The van der Waals surface area contributed by atoms with Crippen molar-refractivity contribution in [1.29, 1.82) is 0 Å². The van der Waals surface area contributed by atoms with Crippen LogP contribution in [-0.4, -0.2) is 18.7 Å². The molecule has 0 fully saturated rings. The van der Waals surface area contributed by atoms with E-state index in [1.807, 2.05) is 36.4 Å². The van der Waals surface area contributed by atoms with Crippen molar-refractivity contribution in [2.75, 3.05) is 0 Å². The second-order valence-electron chi connectivity index (χ2n) is 5.04. The largest absolute Gasteiger partial charge is 0.355 e. The Morgan fingerprint density at radius 2 is 1.50 bits per heavy atom. The highest BCUT2D eigenvalue weighted by Crippen LogP contribution is 2.12. The first-order chi connectivity index (χ1) is 10.7. The number of aryl methyl sites for hydroxylation is 1. The van der Waals surface area contributed by atoms with E-state index in [1.165, 1.54) is 13.6 Å². The van der Waals surface area contributed by atoms with Gasteiger partial charge in [0, 0.05) is 7.05 Å². The molecule has 0 atom stereocenters. The lowest BCUT2D eigenvalue weighted by Crippen LogP contribution is -2.24. The van der Waals surface area contributed by atoms with Gasteiger partial charge in [-0.25, -0.2) is 9.20 Å². The van der Waals surface area contributed by atoms with Crippen LogP contribution in [0.3, 0.4) is 0 Å². The van der Waals surface area contributed by atoms with E-state index < -0.39 is 0 Å². The van der Waals surface area contributed by atoms with Crippen LogP contribution in [0, 0.1) is 0 Å². The van der Waals surface area contributed by atoms with E-state index in [-0.39, 0.29) is 16.9 Å². The summed E-state index contributed by atoms with van der Waals surface area (Å²) >= 11 is 0. The molecular weight excluding hydrogens is 280 g/mol. The molecule has 0 bridgehead atoms. The van der Waals surface area contributed by atoms with Gasteiger partial charge in [0.15, 0.2) is 0 Å². The van der Waals surface area contributed by atoms with Crippen molar-refractivity contribution in [3.63, 3.8) is 0 Å². The number of para-hydroxylation sites is 3. The smallest absolute Gasteiger partial charge is 0.307 e. The molecule has 4 rings (SSSR count). The van der Waals surface area contributed by atoms with Crippen molar-refractivity contribution in [3.05, 3.63) is 75.4 Å². The quantitative estimate of drug-likeness (QED) is 0.532. The maximum atomic E-state index is 12.7. The van der Waals surface area contributed by atoms with Crippen molar-refractivity contribution >= 4 is 16.7 Å². The molecule has 0 amide bonds. The summed E-state index contributed by atoms with van der Waals surface area (Å²) in [6.45, 7) is 0. The minimum Gasteiger partial charge on any atom is -0.307 e. The van der Waals surface area contributed by atoms with Crippen LogP contribution in [0.25, 0.3) is 22.4 Å². The highest BCUT2D eigenvalue weighted by molar-refractivity contribution is 5.77. The zero-order valence-electron chi connectivity index (χ0n) is 11.8. The molecule has 2 aromatic carbocycles. The topological polar surface area (TPSA) is 61.3 Å². The van der Waals surface area contributed by atoms with Gasteiger partial charge in [-0.1, -0.05) is 30.3 Å². The molecule has 6 nitrogen and oxygen atoms in total. The molecular formula is C16H12N4O2. The summed E-state index contributed by atoms with van der Waals surface area (Å²) in [6, 6.07) is 16.3. The Kier molecular flexibility index (Phi) is 2.53. The van der Waals surface area contributed by atoms with E-state index in [0.29, 0.717) is 16.7 Å². The molecule has 0 aliphatic carbocycles. The van der Waals surface area contributed by atoms with Crippen LogP contribution < -0.4 is 11.2 Å². The lowest BCUT2D eigenvalue weighted by atomic mass is 10.3. The number of hydrogen-bond donors (Lipinski definition) is 0. The number of aromatic nitrogens is 4. The SMILES string of the molecule is Cn1c(=O)c2nn(-c3ccccc3)c(=O)n2c2ccccc21. The molecule has 22 heavy (non-hydrogen) atoms. The first kappa shape index (κ1) is 12.6. The lowest BCUT2D eigenvalue weighted by molar-refractivity contribution is 0.841. The molecule has 4 aromatic rings. The number of nitrogens with zero attached hydrogens (tertiary/aromatic N) is 4. The van der Waals surface area contributed by atoms with Crippen LogP contribution in [-0.2, 0) is 7.05 Å². The fourth-order valence-corrected chi connectivity index (χ4v) is 2.66. The summed E-state index contributed by atoms with van der Waals surface area (Å²) in [5.41, 5.74) is 1.44. The molecule has 0 aliphatic heterocycles. The van der Waals surface area contributed by atoms with Crippen molar-refractivity contribution in [2.45, 2.75) is 0 Å². The minimum atomic E-state index is -0.352. The molecule has 2 heterocycles. The fraction of sp³-hybridized carbons (Fsp3) is 0.0625. The Morgan fingerprint density at radius 3 is 2.23 bits per heavy atom. The van der Waals surface area contributed by atoms with E-state index in [9.17, 15) is 9.59 Å². The summed E-state index contributed by atoms with van der Waals surface area (Å²) in [5, 5.41) is 4.23. The second-order valence-corrected chi connectivity index (χ2v) is 5.04. The second kappa shape index (κ2) is 4.42. The Morgan fingerprint density at radius 1 is 0.864 bits per heavy atom. The monoisotopic (exact) mass is 292 g/mol. The van der Waals surface area contributed by atoms with Crippen molar-refractivity contribution in [3.8, 4) is 5.69 Å². The van der Waals surface area contributed by atoms with E-state index in [4.69, 9.17) is 0 Å². The van der Waals surface area contributed by atoms with Gasteiger partial charge in [-0.15, -0.1) is 5.10 Å². The molecule has 0 spiro atoms. The molecule has 0 N–H and O–H groups in total. The standard InChI is InChI=1S/C16H12N4O2/c1-18-12-9-5-6-10-13(12)19-14(15(18)21)17-20(16(19)22)11-7-3-2-4-8-11/h2-10H,1H3. The molecule has 0 saturated heterocycles. The van der Waals surface area contributed by atoms with Crippen LogP contribution >= 0.6 is 0 Å². The van der Waals surface area contributed by atoms with Crippen molar-refractivity contribution in [1.82, 2.24) is 18.7 Å². The number of rotatable bonds is 1. The molecule has 0 radical (unpaired) electrons. The third kappa shape index (κ3) is 1.57. The van der Waals surface area contributed by atoms with Crippen molar-refractivity contribution < 1.29 is 0 Å². The number of benzene rings is 2. The zero-order valence-corrected chi connectivity index (χ0v) is 11.8. The van der Waals surface area contributed by atoms with Crippen LogP contribution in [0.5, 0.6) is 0 Å². The third-order valence-corrected chi connectivity index (χ3v) is 3.76. The molecule has 0 saturated carbocycles. The summed E-state index contributed by atoms with van der Waals surface area (Å²) in [5.74, 6) is 0. The average molecular weight is 292 g/mol. The lowest BCUT2D eigenvalue weighted by Gasteiger charge is -2.05. The van der Waals surface area contributed by atoms with E-state index in [2.05, 4.69) is 5.10 Å². The fourth-order valence-electron chi connectivity index (χ4n) is 2.66. The minimum absolute atomic E-state index is 0.120. The molecule has 2 aromatic heterocycles. The molecule has 0 aliphatic rings. The van der Waals surface area contributed by atoms with Gasteiger partial charge < -0.3 is 4.57 Å². The average Bonchev–Trinajstić information content (AvgIpc) is 2.91. The number of hydrogen-bond acceptors (Lipinski definition) is 3. The predicted molar refractivity (Wildman–Crippen MR) is 83.5 cm³/mol. The van der Waals surface area contributed by atoms with Gasteiger partial charge in [0.2, 0.25) is 5.65 Å². The van der Waals surface area contributed by atoms with Gasteiger partial charge in [0.1, 0.15) is 0 Å². The summed E-state index contributed by atoms with van der Waals surface area (Å²) in [7, 11) is 1.68. The van der Waals surface area contributed by atoms with Gasteiger partial charge in [0.25, 0.3) is 5.56 Å². The predicted octanol–water partition coefficient (Wildman–Crippen LogP) is 1.34. The normalized spacial score (nSPS) is 11.3. The zero-order chi connectivity index (χ0) is 15.3. The Balaban J connectivity index is 2.25. The first-order valence-electron chi connectivity index (χ1n) is 6.83. The summed E-state index contributed by atoms with van der Waals surface area (Å²) < 4.78 is 4.13. The van der Waals surface area contributed by atoms with Crippen LogP contribution in [0.4, 0.5) is 0 Å². The van der Waals surface area contributed by atoms with E-state index in [1.54, 1.807) is 25.2 Å². The Bertz CT molecular complexity index is 1120. The van der Waals surface area contributed by atoms with Crippen molar-refractivity contribution in [2.24, 2.45) is 7.05 Å². The van der Waals surface area contributed by atoms with E-state index in [0.717, 1.165) is 0 Å². The van der Waals surface area contributed by atoms with Crippen LogP contribution in [0.2, 0.25) is 0 Å². The first-order valence-corrected chi connectivity index (χ1v) is 6.83. The maximum absolute atomic E-state index is 12.7. The van der Waals surface area contributed by atoms with Gasteiger partial charge in [0.05, 0.1) is 16.7 Å². The highest BCUT2D eigenvalue weighted by Gasteiger charge is 2.16. The Hall–Kier alpha value is -3.15. The Labute approximate surface area is 124 Å².